The Labute approximate surface area is 149 Å². The predicted molar refractivity (Wildman–Crippen MR) is 97.6 cm³/mol. The Hall–Kier alpha value is -2.31. The third-order valence-electron chi connectivity index (χ3n) is 3.26. The van der Waals surface area contributed by atoms with E-state index in [-0.39, 0.29) is 5.91 Å². The maximum absolute atomic E-state index is 12.2. The van der Waals surface area contributed by atoms with Gasteiger partial charge in [-0.2, -0.15) is 0 Å². The second kappa shape index (κ2) is 7.99. The van der Waals surface area contributed by atoms with E-state index in [0.717, 1.165) is 17.0 Å². The molecule has 1 aromatic heterocycles. The Morgan fingerprint density at radius 1 is 1.17 bits per heavy atom. The zero-order valence-corrected chi connectivity index (χ0v) is 14.3. The molecular weight excluding hydrogens is 344 g/mol. The van der Waals surface area contributed by atoms with Crippen molar-refractivity contribution in [3.63, 3.8) is 0 Å². The van der Waals surface area contributed by atoms with Gasteiger partial charge in [-0.3, -0.25) is 4.79 Å². The lowest BCUT2D eigenvalue weighted by molar-refractivity contribution is -0.113. The van der Waals surface area contributed by atoms with E-state index in [4.69, 9.17) is 11.6 Å². The van der Waals surface area contributed by atoms with Crippen LogP contribution in [0.3, 0.4) is 0 Å². The molecule has 3 aromatic rings. The highest BCUT2D eigenvalue weighted by atomic mass is 35.5. The molecule has 0 unspecified atom stereocenters. The first-order valence-electron chi connectivity index (χ1n) is 7.30. The molecule has 24 heavy (non-hydrogen) atoms. The van der Waals surface area contributed by atoms with Crippen molar-refractivity contribution in [1.82, 2.24) is 15.0 Å². The van der Waals surface area contributed by atoms with Crippen LogP contribution in [0.2, 0.25) is 5.02 Å². The summed E-state index contributed by atoms with van der Waals surface area (Å²) >= 11 is 7.41. The number of nitrogens with zero attached hydrogens (tertiary/aromatic N) is 3. The number of para-hydroxylation sites is 2. The van der Waals surface area contributed by atoms with Gasteiger partial charge in [0, 0.05) is 10.8 Å². The highest BCUT2D eigenvalue weighted by molar-refractivity contribution is 7.99. The maximum Gasteiger partial charge on any atom is 0.234 e. The number of halogens is 1. The smallest absolute Gasteiger partial charge is 0.234 e. The molecule has 0 radical (unpaired) electrons. The summed E-state index contributed by atoms with van der Waals surface area (Å²) in [7, 11) is 0. The summed E-state index contributed by atoms with van der Waals surface area (Å²) in [4.78, 5) is 12.2. The van der Waals surface area contributed by atoms with E-state index >= 15 is 0 Å². The second-order valence-electron chi connectivity index (χ2n) is 5.03. The summed E-state index contributed by atoms with van der Waals surface area (Å²) in [6.07, 6.45) is 3.33. The Morgan fingerprint density at radius 2 is 1.96 bits per heavy atom. The molecule has 5 nitrogen and oxygen atoms in total. The highest BCUT2D eigenvalue weighted by Gasteiger charge is 2.08. The summed E-state index contributed by atoms with van der Waals surface area (Å²) in [5.41, 5.74) is 2.63. The third-order valence-corrected chi connectivity index (χ3v) is 4.52. The molecular formula is C17H15ClN4OS. The van der Waals surface area contributed by atoms with Gasteiger partial charge < -0.3 is 5.32 Å². The van der Waals surface area contributed by atoms with Crippen LogP contribution in [0.25, 0.3) is 5.69 Å². The topological polar surface area (TPSA) is 59.8 Å². The van der Waals surface area contributed by atoms with Crippen LogP contribution in [0.15, 0.2) is 60.9 Å². The lowest BCUT2D eigenvalue weighted by Gasteiger charge is -2.10. The first kappa shape index (κ1) is 16.5. The zero-order chi connectivity index (χ0) is 16.8. The normalized spacial score (nSPS) is 10.5. The van der Waals surface area contributed by atoms with Crippen molar-refractivity contribution < 1.29 is 4.79 Å². The number of rotatable bonds is 6. The van der Waals surface area contributed by atoms with Crippen molar-refractivity contribution in [3.8, 4) is 5.69 Å². The molecule has 0 aliphatic carbocycles. The van der Waals surface area contributed by atoms with E-state index in [2.05, 4.69) is 15.6 Å². The lowest BCUT2D eigenvalue weighted by atomic mass is 10.2. The number of nitrogens with one attached hydrogen (secondary N) is 1. The Morgan fingerprint density at radius 3 is 2.71 bits per heavy atom. The SMILES string of the molecule is O=C(CSCc1ccc(Cl)cc1)Nc1ccccc1-n1ccnn1. The van der Waals surface area contributed by atoms with E-state index < -0.39 is 0 Å². The quantitative estimate of drug-likeness (QED) is 0.728. The molecule has 3 rings (SSSR count). The molecule has 1 heterocycles. The number of anilines is 1. The van der Waals surface area contributed by atoms with Gasteiger partial charge in [0.25, 0.3) is 0 Å². The number of hydrogen-bond acceptors (Lipinski definition) is 4. The molecule has 0 aliphatic heterocycles. The monoisotopic (exact) mass is 358 g/mol. The van der Waals surface area contributed by atoms with E-state index in [0.29, 0.717) is 16.5 Å². The minimum Gasteiger partial charge on any atom is -0.323 e. The molecule has 0 bridgehead atoms. The fraction of sp³-hybridized carbons (Fsp3) is 0.118. The molecule has 0 atom stereocenters. The number of thioether (sulfide) groups is 1. The standard InChI is InChI=1S/C17H15ClN4OS/c18-14-7-5-13(6-8-14)11-24-12-17(23)20-15-3-1-2-4-16(15)22-10-9-19-21-22/h1-10H,11-12H2,(H,20,23). The molecule has 0 spiro atoms. The van der Waals surface area contributed by atoms with Crippen LogP contribution >= 0.6 is 23.4 Å². The molecule has 7 heteroatoms. The molecule has 0 saturated heterocycles. The van der Waals surface area contributed by atoms with Gasteiger partial charge in [0.1, 0.15) is 0 Å². The van der Waals surface area contributed by atoms with E-state index in [1.807, 2.05) is 48.5 Å². The Bertz CT molecular complexity index is 806. The van der Waals surface area contributed by atoms with Crippen molar-refractivity contribution in [2.75, 3.05) is 11.1 Å². The van der Waals surface area contributed by atoms with Gasteiger partial charge in [0.05, 0.1) is 29.5 Å². The lowest BCUT2D eigenvalue weighted by Crippen LogP contribution is -2.16. The fourth-order valence-electron chi connectivity index (χ4n) is 2.14. The van der Waals surface area contributed by atoms with Crippen LogP contribution in [0.5, 0.6) is 0 Å². The van der Waals surface area contributed by atoms with Crippen LogP contribution in [-0.2, 0) is 10.5 Å². The van der Waals surface area contributed by atoms with Gasteiger partial charge in [-0.1, -0.05) is 41.1 Å². The van der Waals surface area contributed by atoms with Gasteiger partial charge in [-0.25, -0.2) is 4.68 Å². The average molecular weight is 359 g/mol. The number of amides is 1. The maximum atomic E-state index is 12.2. The third kappa shape index (κ3) is 4.37. The number of carbonyl (C=O) groups excluding carboxylic acids is 1. The molecule has 1 N–H and O–H groups in total. The van der Waals surface area contributed by atoms with E-state index in [1.165, 1.54) is 0 Å². The molecule has 2 aromatic carbocycles. The van der Waals surface area contributed by atoms with Crippen LogP contribution in [0, 0.1) is 0 Å². The van der Waals surface area contributed by atoms with Crippen molar-refractivity contribution in [1.29, 1.82) is 0 Å². The first-order chi connectivity index (χ1) is 11.7. The summed E-state index contributed by atoms with van der Waals surface area (Å²) in [6, 6.07) is 15.1. The molecule has 0 saturated carbocycles. The van der Waals surface area contributed by atoms with E-state index in [1.54, 1.807) is 28.8 Å². The van der Waals surface area contributed by atoms with Crippen molar-refractivity contribution >= 4 is 35.0 Å². The van der Waals surface area contributed by atoms with Crippen LogP contribution in [0.4, 0.5) is 5.69 Å². The predicted octanol–water partition coefficient (Wildman–Crippen LogP) is 3.79. The Balaban J connectivity index is 1.57. The van der Waals surface area contributed by atoms with Crippen molar-refractivity contribution in [3.05, 3.63) is 71.5 Å². The highest BCUT2D eigenvalue weighted by Crippen LogP contribution is 2.20. The van der Waals surface area contributed by atoms with Gasteiger partial charge in [-0.15, -0.1) is 16.9 Å². The van der Waals surface area contributed by atoms with Crippen LogP contribution in [-0.4, -0.2) is 26.7 Å². The number of hydrogen-bond donors (Lipinski definition) is 1. The number of aromatic nitrogens is 3. The number of benzene rings is 2. The first-order valence-corrected chi connectivity index (χ1v) is 8.83. The van der Waals surface area contributed by atoms with Crippen molar-refractivity contribution in [2.24, 2.45) is 0 Å². The fourth-order valence-corrected chi connectivity index (χ4v) is 3.06. The molecule has 0 aliphatic rings. The molecule has 1 amide bonds. The average Bonchev–Trinajstić information content (AvgIpc) is 3.11. The van der Waals surface area contributed by atoms with Crippen molar-refractivity contribution in [2.45, 2.75) is 5.75 Å². The van der Waals surface area contributed by atoms with Gasteiger partial charge in [0.15, 0.2) is 0 Å². The summed E-state index contributed by atoms with van der Waals surface area (Å²) in [6.45, 7) is 0. The van der Waals surface area contributed by atoms with E-state index in [9.17, 15) is 4.79 Å². The molecule has 0 fully saturated rings. The summed E-state index contributed by atoms with van der Waals surface area (Å²) in [5, 5.41) is 11.4. The zero-order valence-electron chi connectivity index (χ0n) is 12.7. The largest absolute Gasteiger partial charge is 0.323 e. The minimum absolute atomic E-state index is 0.0541. The minimum atomic E-state index is -0.0541. The van der Waals surface area contributed by atoms with Gasteiger partial charge in [-0.05, 0) is 29.8 Å². The summed E-state index contributed by atoms with van der Waals surface area (Å²) < 4.78 is 1.62. The Kier molecular flexibility index (Phi) is 5.51. The van der Waals surface area contributed by atoms with Gasteiger partial charge >= 0.3 is 0 Å². The van der Waals surface area contributed by atoms with Gasteiger partial charge in [0.2, 0.25) is 5.91 Å². The van der Waals surface area contributed by atoms with Crippen LogP contribution < -0.4 is 5.32 Å². The van der Waals surface area contributed by atoms with Crippen LogP contribution in [0.1, 0.15) is 5.56 Å². The summed E-state index contributed by atoms with van der Waals surface area (Å²) in [5.74, 6) is 1.07. The molecule has 122 valence electrons. The second-order valence-corrected chi connectivity index (χ2v) is 6.45. The number of carbonyl (C=O) groups is 1.